The predicted octanol–water partition coefficient (Wildman–Crippen LogP) is 0.384. The van der Waals surface area contributed by atoms with Crippen molar-refractivity contribution in [3.8, 4) is 6.07 Å². The highest BCUT2D eigenvalue weighted by Crippen LogP contribution is 1.97. The number of hydrogen-bond acceptors (Lipinski definition) is 3. The zero-order valence-corrected chi connectivity index (χ0v) is 4.85. The van der Waals surface area contributed by atoms with E-state index in [0.717, 1.165) is 0 Å². The normalized spacial score (nSPS) is 9.71. The Morgan fingerprint density at radius 3 is 3.00 bits per heavy atom. The molecule has 0 heterocycles. The first kappa shape index (κ1) is 6.84. The minimum atomic E-state index is 0.0165. The van der Waals surface area contributed by atoms with E-state index in [2.05, 4.69) is 4.52 Å². The van der Waals surface area contributed by atoms with Gasteiger partial charge in [-0.05, 0) is 0 Å². The number of nitrogens with two attached hydrogens (primary N) is 1. The van der Waals surface area contributed by atoms with Crippen molar-refractivity contribution in [2.45, 2.75) is 6.42 Å². The van der Waals surface area contributed by atoms with Crippen molar-refractivity contribution in [3.05, 3.63) is 0 Å². The molecule has 0 aromatic rings. The van der Waals surface area contributed by atoms with E-state index >= 15 is 0 Å². The van der Waals surface area contributed by atoms with Crippen molar-refractivity contribution in [3.63, 3.8) is 0 Å². The average molecular weight is 118 g/mol. The van der Waals surface area contributed by atoms with Crippen molar-refractivity contribution in [2.75, 3.05) is 6.61 Å². The zero-order valence-electron chi connectivity index (χ0n) is 3.85. The first-order valence-corrected chi connectivity index (χ1v) is 2.84. The third-order valence-corrected chi connectivity index (χ3v) is 0.770. The molecule has 0 amide bonds. The molecule has 7 heavy (non-hydrogen) atoms. The molecule has 1 atom stereocenters. The van der Waals surface area contributed by atoms with Gasteiger partial charge in [-0.25, -0.2) is 0 Å². The highest BCUT2D eigenvalue weighted by Gasteiger charge is 1.78. The average Bonchev–Trinajstić information content (AvgIpc) is 1.69. The molecule has 0 aromatic carbocycles. The second-order valence-electron chi connectivity index (χ2n) is 0.874. The molecule has 1 unspecified atom stereocenters. The standard InChI is InChI=1S/C3H7N2OP/c4-2-1-3-6-7-5/h7H,1,3,5H2. The SMILES string of the molecule is N#CCCOPN. The van der Waals surface area contributed by atoms with Crippen molar-refractivity contribution < 1.29 is 4.52 Å². The van der Waals surface area contributed by atoms with Crippen LogP contribution in [0.2, 0.25) is 0 Å². The summed E-state index contributed by atoms with van der Waals surface area (Å²) in [6.45, 7) is 0.464. The van der Waals surface area contributed by atoms with E-state index in [9.17, 15) is 0 Å². The molecule has 0 bridgehead atoms. The molecule has 0 aliphatic carbocycles. The molecule has 0 spiro atoms. The van der Waals surface area contributed by atoms with Crippen LogP contribution in [0.15, 0.2) is 0 Å². The molecular weight excluding hydrogens is 111 g/mol. The second-order valence-corrected chi connectivity index (χ2v) is 1.40. The Bertz CT molecular complexity index is 69.8. The van der Waals surface area contributed by atoms with Gasteiger partial charge in [-0.2, -0.15) is 5.26 Å². The Labute approximate surface area is 44.4 Å². The molecule has 2 N–H and O–H groups in total. The molecule has 40 valence electrons. The fourth-order valence-electron chi connectivity index (χ4n) is 0.156. The first-order chi connectivity index (χ1) is 3.41. The van der Waals surface area contributed by atoms with E-state index in [4.69, 9.17) is 10.8 Å². The number of rotatable bonds is 3. The summed E-state index contributed by atoms with van der Waals surface area (Å²) >= 11 is 0. The van der Waals surface area contributed by atoms with Crippen LogP contribution in [0.25, 0.3) is 0 Å². The molecule has 0 saturated heterocycles. The molecule has 0 radical (unpaired) electrons. The Morgan fingerprint density at radius 1 is 1.86 bits per heavy atom. The smallest absolute Gasteiger partial charge is 0.0834 e. The van der Waals surface area contributed by atoms with E-state index in [0.29, 0.717) is 13.0 Å². The van der Waals surface area contributed by atoms with E-state index in [1.165, 1.54) is 0 Å². The largest absolute Gasteiger partial charge is 0.346 e. The van der Waals surface area contributed by atoms with E-state index in [1.807, 2.05) is 6.07 Å². The van der Waals surface area contributed by atoms with Crippen LogP contribution in [0.4, 0.5) is 0 Å². The molecule has 4 heteroatoms. The third-order valence-electron chi connectivity index (χ3n) is 0.399. The van der Waals surface area contributed by atoms with Crippen LogP contribution in [-0.4, -0.2) is 6.61 Å². The maximum atomic E-state index is 7.93. The van der Waals surface area contributed by atoms with Gasteiger partial charge < -0.3 is 4.52 Å². The second kappa shape index (κ2) is 5.84. The van der Waals surface area contributed by atoms with Gasteiger partial charge in [0, 0.05) is 0 Å². The Hall–Kier alpha value is -0.160. The summed E-state index contributed by atoms with van der Waals surface area (Å²) in [5.74, 6) is 0. The van der Waals surface area contributed by atoms with Gasteiger partial charge in [0.05, 0.1) is 28.1 Å². The fourth-order valence-corrected chi connectivity index (χ4v) is 0.376. The van der Waals surface area contributed by atoms with Gasteiger partial charge in [0.1, 0.15) is 0 Å². The summed E-state index contributed by atoms with van der Waals surface area (Å²) in [6.07, 6.45) is 0.435. The van der Waals surface area contributed by atoms with Crippen molar-refractivity contribution >= 4 is 8.96 Å². The highest BCUT2D eigenvalue weighted by molar-refractivity contribution is 7.29. The lowest BCUT2D eigenvalue weighted by atomic mass is 10.5. The zero-order chi connectivity index (χ0) is 5.54. The lowest BCUT2D eigenvalue weighted by Gasteiger charge is -1.89. The van der Waals surface area contributed by atoms with Gasteiger partial charge in [-0.15, -0.1) is 0 Å². The Balaban J connectivity index is 2.60. The lowest BCUT2D eigenvalue weighted by molar-refractivity contribution is 0.373. The molecule has 0 saturated carbocycles. The van der Waals surface area contributed by atoms with Crippen LogP contribution in [-0.2, 0) is 4.52 Å². The van der Waals surface area contributed by atoms with Crippen LogP contribution in [0.1, 0.15) is 6.42 Å². The number of nitriles is 1. The van der Waals surface area contributed by atoms with Crippen molar-refractivity contribution in [1.29, 1.82) is 5.26 Å². The first-order valence-electron chi connectivity index (χ1n) is 1.86. The van der Waals surface area contributed by atoms with E-state index < -0.39 is 0 Å². The molecule has 0 aliphatic rings. The van der Waals surface area contributed by atoms with Crippen LogP contribution in [0.5, 0.6) is 0 Å². The summed E-state index contributed by atoms with van der Waals surface area (Å²) in [7, 11) is 0.0165. The Kier molecular flexibility index (Phi) is 5.71. The monoisotopic (exact) mass is 118 g/mol. The quantitative estimate of drug-likeness (QED) is 0.430. The molecule has 0 fully saturated rings. The van der Waals surface area contributed by atoms with Crippen molar-refractivity contribution in [1.82, 2.24) is 0 Å². The van der Waals surface area contributed by atoms with Gasteiger partial charge in [0.2, 0.25) is 0 Å². The van der Waals surface area contributed by atoms with Gasteiger partial charge in [0.15, 0.2) is 0 Å². The summed E-state index contributed by atoms with van der Waals surface area (Å²) in [5, 5.41) is 7.93. The third kappa shape index (κ3) is 5.84. The van der Waals surface area contributed by atoms with Gasteiger partial charge >= 0.3 is 0 Å². The Morgan fingerprint density at radius 2 is 2.57 bits per heavy atom. The van der Waals surface area contributed by atoms with Crippen LogP contribution in [0.3, 0.4) is 0 Å². The highest BCUT2D eigenvalue weighted by atomic mass is 31.1. The molecular formula is C3H7N2OP. The lowest BCUT2D eigenvalue weighted by Crippen LogP contribution is -1.84. The molecule has 0 aliphatic heterocycles. The van der Waals surface area contributed by atoms with Crippen LogP contribution < -0.4 is 5.50 Å². The molecule has 3 nitrogen and oxygen atoms in total. The molecule has 0 rings (SSSR count). The fraction of sp³-hybridized carbons (Fsp3) is 0.667. The topological polar surface area (TPSA) is 59.0 Å². The number of hydrogen-bond donors (Lipinski definition) is 1. The summed E-state index contributed by atoms with van der Waals surface area (Å²) in [6, 6.07) is 1.93. The maximum Gasteiger partial charge on any atom is 0.0834 e. The van der Waals surface area contributed by atoms with Gasteiger partial charge in [0.25, 0.3) is 0 Å². The van der Waals surface area contributed by atoms with Crippen LogP contribution >= 0.6 is 8.96 Å². The van der Waals surface area contributed by atoms with Crippen molar-refractivity contribution in [2.24, 2.45) is 5.50 Å². The van der Waals surface area contributed by atoms with E-state index in [-0.39, 0.29) is 8.96 Å². The summed E-state index contributed by atoms with van der Waals surface area (Å²) < 4.78 is 4.66. The summed E-state index contributed by atoms with van der Waals surface area (Å²) in [5.41, 5.74) is 4.97. The summed E-state index contributed by atoms with van der Waals surface area (Å²) in [4.78, 5) is 0. The van der Waals surface area contributed by atoms with Gasteiger partial charge in [-0.1, -0.05) is 0 Å². The predicted molar refractivity (Wildman–Crippen MR) is 28.7 cm³/mol. The maximum absolute atomic E-state index is 7.93. The minimum Gasteiger partial charge on any atom is -0.346 e. The van der Waals surface area contributed by atoms with E-state index in [1.54, 1.807) is 0 Å². The minimum absolute atomic E-state index is 0.0165. The van der Waals surface area contributed by atoms with Crippen LogP contribution in [0, 0.1) is 11.3 Å². The molecule has 0 aromatic heterocycles. The van der Waals surface area contributed by atoms with Gasteiger partial charge in [-0.3, -0.25) is 5.50 Å². The number of nitrogens with zero attached hydrogens (tertiary/aromatic N) is 1.